The van der Waals surface area contributed by atoms with Gasteiger partial charge < -0.3 is 20.1 Å². The Bertz CT molecular complexity index is 815. The van der Waals surface area contributed by atoms with Gasteiger partial charge in [0.1, 0.15) is 11.5 Å². The Labute approximate surface area is 179 Å². The molecule has 6 nitrogen and oxygen atoms in total. The van der Waals surface area contributed by atoms with Crippen molar-refractivity contribution in [1.82, 2.24) is 5.32 Å². The predicted octanol–water partition coefficient (Wildman–Crippen LogP) is 4.71. The summed E-state index contributed by atoms with van der Waals surface area (Å²) in [6, 6.07) is 17.4. The van der Waals surface area contributed by atoms with Gasteiger partial charge in [0.25, 0.3) is 0 Å². The highest BCUT2D eigenvalue weighted by atomic mass is 16.6. The molecule has 0 bridgehead atoms. The third-order valence-electron chi connectivity index (χ3n) is 4.23. The first kappa shape index (κ1) is 23.3. The summed E-state index contributed by atoms with van der Waals surface area (Å²) >= 11 is 0. The minimum Gasteiger partial charge on any atom is -0.465 e. The van der Waals surface area contributed by atoms with Crippen LogP contribution in [0.4, 0.5) is 10.5 Å². The molecule has 0 heterocycles. The molecule has 0 aliphatic rings. The Morgan fingerprint density at radius 2 is 1.67 bits per heavy atom. The molecular formula is C24H32N2O4. The largest absolute Gasteiger partial charge is 0.465 e. The number of nitrogens with one attached hydrogen (secondary N) is 2. The number of carbonyl (C=O) groups is 2. The summed E-state index contributed by atoms with van der Waals surface area (Å²) in [5, 5.41) is 6.08. The number of esters is 1. The van der Waals surface area contributed by atoms with Gasteiger partial charge in [-0.3, -0.25) is 4.79 Å². The molecule has 30 heavy (non-hydrogen) atoms. The lowest BCUT2D eigenvalue weighted by atomic mass is 9.91. The summed E-state index contributed by atoms with van der Waals surface area (Å²) in [6.07, 6.45) is 0.327. The number of hydrogen-bond acceptors (Lipinski definition) is 5. The lowest BCUT2D eigenvalue weighted by molar-refractivity contribution is -0.143. The first-order chi connectivity index (χ1) is 14.3. The molecule has 0 radical (unpaired) electrons. The summed E-state index contributed by atoms with van der Waals surface area (Å²) in [5.41, 5.74) is 2.18. The normalized spacial score (nSPS) is 12.0. The van der Waals surface area contributed by atoms with Gasteiger partial charge in [-0.25, -0.2) is 4.79 Å². The number of anilines is 1. The predicted molar refractivity (Wildman–Crippen MR) is 119 cm³/mol. The molecule has 2 rings (SSSR count). The Hall–Kier alpha value is -3.02. The molecule has 0 aliphatic heterocycles. The number of carbonyl (C=O) groups excluding carboxylic acids is 2. The molecule has 162 valence electrons. The van der Waals surface area contributed by atoms with E-state index in [9.17, 15) is 9.59 Å². The highest BCUT2D eigenvalue weighted by Crippen LogP contribution is 2.28. The topological polar surface area (TPSA) is 76.7 Å². The highest BCUT2D eigenvalue weighted by Gasteiger charge is 2.24. The quantitative estimate of drug-likeness (QED) is 0.461. The third-order valence-corrected chi connectivity index (χ3v) is 4.23. The first-order valence-corrected chi connectivity index (χ1v) is 10.3. The van der Waals surface area contributed by atoms with Gasteiger partial charge in [0.15, 0.2) is 0 Å². The maximum atomic E-state index is 12.6. The Morgan fingerprint density at radius 3 is 2.33 bits per heavy atom. The standard InChI is InChI=1S/C24H32N2O4/c1-5-29-22(27)21(18-11-7-6-8-12-18)19-13-9-14-20(17-19)25-15-10-16-26-23(28)30-24(2,3)4/h6-9,11-14,17,21,25H,5,10,15-16H2,1-4H3,(H,26,28). The minimum atomic E-state index is -0.503. The fourth-order valence-electron chi connectivity index (χ4n) is 2.99. The van der Waals surface area contributed by atoms with Crippen LogP contribution in [-0.4, -0.2) is 37.4 Å². The van der Waals surface area contributed by atoms with Crippen molar-refractivity contribution in [3.8, 4) is 0 Å². The summed E-state index contributed by atoms with van der Waals surface area (Å²) in [4.78, 5) is 24.3. The monoisotopic (exact) mass is 412 g/mol. The summed E-state index contributed by atoms with van der Waals surface area (Å²) in [5.74, 6) is -0.732. The number of rotatable bonds is 9. The van der Waals surface area contributed by atoms with Crippen molar-refractivity contribution in [2.24, 2.45) is 0 Å². The zero-order chi connectivity index (χ0) is 22.0. The van der Waals surface area contributed by atoms with Gasteiger partial charge in [0.05, 0.1) is 6.61 Å². The van der Waals surface area contributed by atoms with Crippen LogP contribution in [0, 0.1) is 0 Å². The Kier molecular flexibility index (Phi) is 8.71. The van der Waals surface area contributed by atoms with Crippen LogP contribution in [0.25, 0.3) is 0 Å². The number of benzene rings is 2. The van der Waals surface area contributed by atoms with Crippen LogP contribution < -0.4 is 10.6 Å². The van der Waals surface area contributed by atoms with Gasteiger partial charge in [-0.2, -0.15) is 0 Å². The van der Waals surface area contributed by atoms with E-state index in [1.807, 2.05) is 82.3 Å². The molecule has 1 amide bonds. The molecule has 6 heteroatoms. The summed E-state index contributed by atoms with van der Waals surface area (Å²) in [7, 11) is 0. The molecule has 2 aromatic carbocycles. The van der Waals surface area contributed by atoms with E-state index >= 15 is 0 Å². The fourth-order valence-corrected chi connectivity index (χ4v) is 2.99. The first-order valence-electron chi connectivity index (χ1n) is 10.3. The van der Waals surface area contributed by atoms with E-state index in [4.69, 9.17) is 9.47 Å². The van der Waals surface area contributed by atoms with Crippen molar-refractivity contribution in [1.29, 1.82) is 0 Å². The number of alkyl carbamates (subject to hydrolysis) is 1. The van der Waals surface area contributed by atoms with Crippen LogP contribution in [0.15, 0.2) is 54.6 Å². The Morgan fingerprint density at radius 1 is 0.967 bits per heavy atom. The van der Waals surface area contributed by atoms with E-state index in [0.717, 1.165) is 23.2 Å². The zero-order valence-electron chi connectivity index (χ0n) is 18.2. The van der Waals surface area contributed by atoms with Crippen molar-refractivity contribution >= 4 is 17.7 Å². The van der Waals surface area contributed by atoms with Crippen molar-refractivity contribution in [3.63, 3.8) is 0 Å². The van der Waals surface area contributed by atoms with Crippen LogP contribution in [0.5, 0.6) is 0 Å². The van der Waals surface area contributed by atoms with Gasteiger partial charge in [0, 0.05) is 18.8 Å². The SMILES string of the molecule is CCOC(=O)C(c1ccccc1)c1cccc(NCCCNC(=O)OC(C)(C)C)c1. The summed E-state index contributed by atoms with van der Waals surface area (Å²) < 4.78 is 10.5. The van der Waals surface area contributed by atoms with Crippen LogP contribution in [0.3, 0.4) is 0 Å². The molecule has 0 saturated heterocycles. The molecule has 2 aromatic rings. The zero-order valence-corrected chi connectivity index (χ0v) is 18.2. The van der Waals surface area contributed by atoms with E-state index in [-0.39, 0.29) is 5.97 Å². The van der Waals surface area contributed by atoms with Crippen LogP contribution in [0.1, 0.15) is 51.2 Å². The van der Waals surface area contributed by atoms with Gasteiger partial charge in [0.2, 0.25) is 0 Å². The molecule has 0 saturated carbocycles. The second-order valence-electron chi connectivity index (χ2n) is 7.93. The average molecular weight is 413 g/mol. The van der Waals surface area contributed by atoms with Gasteiger partial charge in [-0.05, 0) is 57.4 Å². The molecule has 0 aromatic heterocycles. The summed E-state index contributed by atoms with van der Waals surface area (Å²) in [6.45, 7) is 8.83. The van der Waals surface area contributed by atoms with Crippen LogP contribution in [0.2, 0.25) is 0 Å². The lowest BCUT2D eigenvalue weighted by Gasteiger charge is -2.19. The fraction of sp³-hybridized carbons (Fsp3) is 0.417. The van der Waals surface area contributed by atoms with E-state index < -0.39 is 17.6 Å². The van der Waals surface area contributed by atoms with E-state index in [1.165, 1.54) is 0 Å². The molecule has 0 aliphatic carbocycles. The van der Waals surface area contributed by atoms with Crippen molar-refractivity contribution in [2.45, 2.75) is 45.6 Å². The number of amides is 1. The third kappa shape index (κ3) is 7.78. The van der Waals surface area contributed by atoms with E-state index in [1.54, 1.807) is 0 Å². The van der Waals surface area contributed by atoms with Crippen molar-refractivity contribution in [2.75, 3.05) is 25.0 Å². The van der Waals surface area contributed by atoms with Crippen molar-refractivity contribution < 1.29 is 19.1 Å². The molecule has 1 atom stereocenters. The second-order valence-corrected chi connectivity index (χ2v) is 7.93. The smallest absolute Gasteiger partial charge is 0.407 e. The van der Waals surface area contributed by atoms with Gasteiger partial charge in [-0.15, -0.1) is 0 Å². The molecule has 0 spiro atoms. The number of ether oxygens (including phenoxy) is 2. The highest BCUT2D eigenvalue weighted by molar-refractivity contribution is 5.82. The Balaban J connectivity index is 1.95. The maximum Gasteiger partial charge on any atom is 0.407 e. The lowest BCUT2D eigenvalue weighted by Crippen LogP contribution is -2.33. The van der Waals surface area contributed by atoms with E-state index in [0.29, 0.717) is 19.7 Å². The molecule has 1 unspecified atom stereocenters. The van der Waals surface area contributed by atoms with Gasteiger partial charge >= 0.3 is 12.1 Å². The molecule has 0 fully saturated rings. The van der Waals surface area contributed by atoms with Crippen LogP contribution >= 0.6 is 0 Å². The van der Waals surface area contributed by atoms with E-state index in [2.05, 4.69) is 10.6 Å². The second kappa shape index (κ2) is 11.2. The maximum absolute atomic E-state index is 12.6. The van der Waals surface area contributed by atoms with Crippen LogP contribution in [-0.2, 0) is 14.3 Å². The van der Waals surface area contributed by atoms with Gasteiger partial charge in [-0.1, -0.05) is 42.5 Å². The van der Waals surface area contributed by atoms with Crippen molar-refractivity contribution in [3.05, 3.63) is 65.7 Å². The molecular weight excluding hydrogens is 380 g/mol. The average Bonchev–Trinajstić information content (AvgIpc) is 2.68. The number of hydrogen-bond donors (Lipinski definition) is 2. The molecule has 2 N–H and O–H groups in total. The minimum absolute atomic E-state index is 0.262.